The zero-order valence-electron chi connectivity index (χ0n) is 27.1. The first kappa shape index (κ1) is 31.8. The van der Waals surface area contributed by atoms with E-state index in [2.05, 4.69) is 45.5 Å². The van der Waals surface area contributed by atoms with E-state index < -0.39 is 0 Å². The Kier molecular flexibility index (Phi) is 8.71. The second kappa shape index (κ2) is 12.9. The maximum absolute atomic E-state index is 13.8. The molecule has 47 heavy (non-hydrogen) atoms. The lowest BCUT2D eigenvalue weighted by atomic mass is 9.90. The molecule has 4 aromatic rings. The van der Waals surface area contributed by atoms with Gasteiger partial charge in [0.2, 0.25) is 11.7 Å². The minimum atomic E-state index is -0.350. The van der Waals surface area contributed by atoms with Gasteiger partial charge in [0.05, 0.1) is 13.2 Å². The molecule has 1 aliphatic heterocycles. The molecule has 0 saturated heterocycles. The SMILES string of the molecule is CC#CC(=O)CCCOc1cccc(Nc2cc(-c3ccnc(N4CCn5c(cc6c5CC(C)(C)C6)C4=O)c3CO)cn(C)c2=O)n1. The molecule has 0 spiro atoms. The van der Waals surface area contributed by atoms with Crippen molar-refractivity contribution >= 4 is 29.0 Å². The Hall–Kier alpha value is -5.21. The summed E-state index contributed by atoms with van der Waals surface area (Å²) in [5, 5.41) is 13.7. The first-order valence-corrected chi connectivity index (χ1v) is 15.7. The topological polar surface area (TPSA) is 132 Å². The fourth-order valence-corrected chi connectivity index (χ4v) is 6.52. The number of rotatable bonds is 10. The highest BCUT2D eigenvalue weighted by atomic mass is 16.5. The summed E-state index contributed by atoms with van der Waals surface area (Å²) < 4.78 is 9.32. The number of amides is 1. The quantitative estimate of drug-likeness (QED) is 0.149. The van der Waals surface area contributed by atoms with Crippen LogP contribution in [0.25, 0.3) is 11.1 Å². The number of aliphatic hydroxyl groups is 1. The van der Waals surface area contributed by atoms with Crippen LogP contribution in [0.2, 0.25) is 0 Å². The first-order valence-electron chi connectivity index (χ1n) is 15.7. The molecule has 11 nitrogen and oxygen atoms in total. The van der Waals surface area contributed by atoms with Gasteiger partial charge in [-0.2, -0.15) is 4.98 Å². The van der Waals surface area contributed by atoms with Crippen LogP contribution in [0.4, 0.5) is 17.3 Å². The van der Waals surface area contributed by atoms with Gasteiger partial charge in [-0.1, -0.05) is 25.8 Å². The Labute approximate surface area is 273 Å². The van der Waals surface area contributed by atoms with Gasteiger partial charge in [0.25, 0.3) is 11.5 Å². The Morgan fingerprint density at radius 2 is 1.98 bits per heavy atom. The molecule has 0 aromatic carbocycles. The largest absolute Gasteiger partial charge is 0.478 e. The van der Waals surface area contributed by atoms with Gasteiger partial charge in [-0.25, -0.2) is 4.98 Å². The molecule has 2 N–H and O–H groups in total. The van der Waals surface area contributed by atoms with Crippen LogP contribution in [0.5, 0.6) is 5.88 Å². The van der Waals surface area contributed by atoms with Crippen molar-refractivity contribution in [2.45, 2.75) is 59.6 Å². The smallest absolute Gasteiger partial charge is 0.276 e. The number of ether oxygens (including phenoxy) is 1. The number of pyridine rings is 3. The van der Waals surface area contributed by atoms with E-state index >= 15 is 0 Å². The molecule has 0 unspecified atom stereocenters. The molecule has 0 radical (unpaired) electrons. The summed E-state index contributed by atoms with van der Waals surface area (Å²) in [6.07, 6.45) is 6.01. The van der Waals surface area contributed by atoms with E-state index in [1.807, 2.05) is 6.07 Å². The molecule has 1 amide bonds. The third-order valence-electron chi connectivity index (χ3n) is 8.61. The van der Waals surface area contributed by atoms with E-state index in [9.17, 15) is 19.5 Å². The molecular formula is C36H38N6O5. The van der Waals surface area contributed by atoms with Crippen molar-refractivity contribution in [1.29, 1.82) is 0 Å². The zero-order chi connectivity index (χ0) is 33.3. The molecule has 0 bridgehead atoms. The Balaban J connectivity index is 1.25. The Morgan fingerprint density at radius 3 is 2.77 bits per heavy atom. The summed E-state index contributed by atoms with van der Waals surface area (Å²) in [5.41, 5.74) is 5.12. The van der Waals surface area contributed by atoms with E-state index in [0.29, 0.717) is 72.4 Å². The number of aliphatic hydroxyl groups excluding tert-OH is 1. The lowest BCUT2D eigenvalue weighted by molar-refractivity contribution is -0.114. The Morgan fingerprint density at radius 1 is 1.15 bits per heavy atom. The molecule has 5 heterocycles. The number of nitrogens with one attached hydrogen (secondary N) is 1. The van der Waals surface area contributed by atoms with E-state index in [0.717, 1.165) is 12.8 Å². The molecule has 242 valence electrons. The lowest BCUT2D eigenvalue weighted by Crippen LogP contribution is -2.41. The van der Waals surface area contributed by atoms with Gasteiger partial charge in [-0.3, -0.25) is 19.3 Å². The molecule has 0 saturated carbocycles. The van der Waals surface area contributed by atoms with Gasteiger partial charge < -0.3 is 24.3 Å². The van der Waals surface area contributed by atoms with Crippen molar-refractivity contribution in [2.24, 2.45) is 12.5 Å². The van der Waals surface area contributed by atoms with E-state index in [1.165, 1.54) is 15.8 Å². The average molecular weight is 635 g/mol. The van der Waals surface area contributed by atoms with Crippen LogP contribution in [-0.4, -0.2) is 49.1 Å². The number of aryl methyl sites for hydroxylation is 1. The number of fused-ring (bicyclic) bond motifs is 3. The number of carbonyl (C=O) groups excluding carboxylic acids is 2. The van der Waals surface area contributed by atoms with Crippen LogP contribution in [0.15, 0.2) is 53.6 Å². The second-order valence-corrected chi connectivity index (χ2v) is 12.7. The minimum Gasteiger partial charge on any atom is -0.478 e. The van der Waals surface area contributed by atoms with Crippen molar-refractivity contribution in [3.63, 3.8) is 0 Å². The monoisotopic (exact) mass is 634 g/mol. The molecule has 2 aliphatic rings. The van der Waals surface area contributed by atoms with Crippen molar-refractivity contribution in [3.05, 3.63) is 81.7 Å². The molecule has 11 heteroatoms. The number of hydrogen-bond acceptors (Lipinski definition) is 8. The van der Waals surface area contributed by atoms with Gasteiger partial charge in [0.15, 0.2) is 0 Å². The van der Waals surface area contributed by atoms with E-state index in [-0.39, 0.29) is 35.0 Å². The van der Waals surface area contributed by atoms with Crippen molar-refractivity contribution in [2.75, 3.05) is 23.4 Å². The summed E-state index contributed by atoms with van der Waals surface area (Å²) in [6.45, 7) is 7.16. The van der Waals surface area contributed by atoms with Crippen molar-refractivity contribution < 1.29 is 19.4 Å². The highest BCUT2D eigenvalue weighted by Gasteiger charge is 2.37. The van der Waals surface area contributed by atoms with Crippen molar-refractivity contribution in [1.82, 2.24) is 19.1 Å². The van der Waals surface area contributed by atoms with Crippen LogP contribution in [0.3, 0.4) is 0 Å². The predicted molar refractivity (Wildman–Crippen MR) is 179 cm³/mol. The molecular weight excluding hydrogens is 596 g/mol. The highest BCUT2D eigenvalue weighted by Crippen LogP contribution is 2.40. The lowest BCUT2D eigenvalue weighted by Gasteiger charge is -2.31. The highest BCUT2D eigenvalue weighted by molar-refractivity contribution is 6.06. The summed E-state index contributed by atoms with van der Waals surface area (Å²) in [6, 6.07) is 10.7. The van der Waals surface area contributed by atoms with Crippen LogP contribution >= 0.6 is 0 Å². The van der Waals surface area contributed by atoms with E-state index in [4.69, 9.17) is 4.74 Å². The average Bonchev–Trinajstić information content (AvgIpc) is 3.53. The number of hydrogen-bond donors (Lipinski definition) is 2. The van der Waals surface area contributed by atoms with Gasteiger partial charge in [-0.15, -0.1) is 0 Å². The van der Waals surface area contributed by atoms with E-state index in [1.54, 1.807) is 61.6 Å². The van der Waals surface area contributed by atoms with Crippen LogP contribution in [0, 0.1) is 17.3 Å². The fraction of sp³-hybridized carbons (Fsp3) is 0.361. The summed E-state index contributed by atoms with van der Waals surface area (Å²) >= 11 is 0. The number of Topliss-reactive ketones (excluding diaryl/α,β-unsaturated/α-hetero) is 1. The van der Waals surface area contributed by atoms with Crippen LogP contribution < -0.4 is 20.5 Å². The molecule has 0 atom stereocenters. The zero-order valence-corrected chi connectivity index (χ0v) is 27.1. The number of aromatic nitrogens is 4. The number of nitrogens with zero attached hydrogens (tertiary/aromatic N) is 5. The van der Waals surface area contributed by atoms with Gasteiger partial charge in [0, 0.05) is 61.8 Å². The van der Waals surface area contributed by atoms with Gasteiger partial charge in [0.1, 0.15) is 23.0 Å². The normalized spacial score (nSPS) is 14.7. The predicted octanol–water partition coefficient (Wildman–Crippen LogP) is 4.42. The fourth-order valence-electron chi connectivity index (χ4n) is 6.52. The summed E-state index contributed by atoms with van der Waals surface area (Å²) in [4.78, 5) is 49.3. The Bertz CT molecular complexity index is 2000. The third kappa shape index (κ3) is 6.42. The maximum atomic E-state index is 13.8. The first-order chi connectivity index (χ1) is 22.6. The third-order valence-corrected chi connectivity index (χ3v) is 8.61. The summed E-state index contributed by atoms with van der Waals surface area (Å²) in [7, 11) is 1.65. The summed E-state index contributed by atoms with van der Waals surface area (Å²) in [5.74, 6) is 5.99. The van der Waals surface area contributed by atoms with Crippen LogP contribution in [0.1, 0.15) is 60.9 Å². The standard InChI is InChI=1S/C36H38N6O5/c1-5-8-25(44)9-7-16-47-32-11-6-10-31(39-32)38-28-17-24(21-40(4)34(28)45)26-12-13-37-33(27(26)22-43)42-15-14-41-29(35(42)46)18-23-19-36(2,3)20-30(23)41/h6,10-13,17-18,21,43H,7,9,14-16,19-20,22H2,1-4H3,(H,38,39). The minimum absolute atomic E-state index is 0.134. The van der Waals surface area contributed by atoms with Gasteiger partial charge in [-0.05, 0) is 72.9 Å². The van der Waals surface area contributed by atoms with Crippen LogP contribution in [-0.2, 0) is 37.8 Å². The molecule has 1 aliphatic carbocycles. The number of carbonyl (C=O) groups is 2. The molecule has 4 aromatic heterocycles. The van der Waals surface area contributed by atoms with Gasteiger partial charge >= 0.3 is 0 Å². The van der Waals surface area contributed by atoms with Crippen molar-refractivity contribution in [3.8, 4) is 28.8 Å². The molecule has 6 rings (SSSR count). The molecule has 0 fully saturated rings. The number of anilines is 3. The number of ketones is 1. The maximum Gasteiger partial charge on any atom is 0.276 e. The second-order valence-electron chi connectivity index (χ2n) is 12.7.